The van der Waals surface area contributed by atoms with Crippen molar-refractivity contribution in [1.82, 2.24) is 9.88 Å². The molecule has 0 bridgehead atoms. The van der Waals surface area contributed by atoms with Gasteiger partial charge in [0, 0.05) is 31.3 Å². The Morgan fingerprint density at radius 3 is 2.36 bits per heavy atom. The molecule has 3 rings (SSSR count). The molecule has 0 aromatic carbocycles. The van der Waals surface area contributed by atoms with E-state index in [9.17, 15) is 9.59 Å². The number of rotatable bonds is 2. The molecule has 0 spiro atoms. The van der Waals surface area contributed by atoms with Crippen LogP contribution in [0.3, 0.4) is 0 Å². The van der Waals surface area contributed by atoms with Crippen molar-refractivity contribution in [2.24, 2.45) is 5.92 Å². The average molecular weight is 302 g/mol. The third kappa shape index (κ3) is 3.60. The molecule has 1 aliphatic carbocycles. The smallest absolute Gasteiger partial charge is 0.248 e. The highest BCUT2D eigenvalue weighted by molar-refractivity contribution is 5.79. The van der Waals surface area contributed by atoms with Crippen molar-refractivity contribution in [3.8, 4) is 0 Å². The number of carbonyl (C=O) groups excluding carboxylic acids is 1. The zero-order valence-corrected chi connectivity index (χ0v) is 13.2. The SMILES string of the molecule is O=C(C1CCCCCC1)N1CCC(c2cc[nH]c(=O)c2)CC1. The largest absolute Gasteiger partial charge is 0.342 e. The first-order valence-corrected chi connectivity index (χ1v) is 8.71. The summed E-state index contributed by atoms with van der Waals surface area (Å²) in [5.41, 5.74) is 1.08. The highest BCUT2D eigenvalue weighted by Gasteiger charge is 2.29. The van der Waals surface area contributed by atoms with Gasteiger partial charge in [-0.15, -0.1) is 0 Å². The van der Waals surface area contributed by atoms with E-state index in [0.29, 0.717) is 11.8 Å². The van der Waals surface area contributed by atoms with E-state index >= 15 is 0 Å². The highest BCUT2D eigenvalue weighted by Crippen LogP contribution is 2.30. The summed E-state index contributed by atoms with van der Waals surface area (Å²) in [6.07, 6.45) is 10.8. The van der Waals surface area contributed by atoms with Crippen LogP contribution in [-0.2, 0) is 4.79 Å². The second-order valence-corrected chi connectivity index (χ2v) is 6.77. The van der Waals surface area contributed by atoms with Gasteiger partial charge >= 0.3 is 0 Å². The number of amides is 1. The van der Waals surface area contributed by atoms with Crippen LogP contribution in [0.2, 0.25) is 0 Å². The summed E-state index contributed by atoms with van der Waals surface area (Å²) in [6.45, 7) is 1.68. The van der Waals surface area contributed by atoms with E-state index in [1.807, 2.05) is 6.07 Å². The first-order chi connectivity index (χ1) is 10.7. The van der Waals surface area contributed by atoms with E-state index < -0.39 is 0 Å². The number of H-pyrrole nitrogens is 1. The molecule has 2 fully saturated rings. The molecule has 120 valence electrons. The predicted octanol–water partition coefficient (Wildman–Crippen LogP) is 3.05. The third-order valence-corrected chi connectivity index (χ3v) is 5.28. The molecule has 1 N–H and O–H groups in total. The Morgan fingerprint density at radius 2 is 1.73 bits per heavy atom. The second kappa shape index (κ2) is 7.12. The van der Waals surface area contributed by atoms with Crippen molar-refractivity contribution in [1.29, 1.82) is 0 Å². The van der Waals surface area contributed by atoms with Gasteiger partial charge in [0.15, 0.2) is 0 Å². The molecular weight excluding hydrogens is 276 g/mol. The lowest BCUT2D eigenvalue weighted by Crippen LogP contribution is -2.41. The van der Waals surface area contributed by atoms with Crippen molar-refractivity contribution < 1.29 is 4.79 Å². The fourth-order valence-electron chi connectivity index (χ4n) is 3.93. The van der Waals surface area contributed by atoms with Crippen LogP contribution >= 0.6 is 0 Å². The van der Waals surface area contributed by atoms with Crippen molar-refractivity contribution in [2.45, 2.75) is 57.3 Å². The maximum atomic E-state index is 12.7. The molecule has 0 atom stereocenters. The molecule has 2 aliphatic rings. The van der Waals surface area contributed by atoms with E-state index in [1.54, 1.807) is 12.3 Å². The van der Waals surface area contributed by atoms with Crippen molar-refractivity contribution >= 4 is 5.91 Å². The molecule has 1 aromatic rings. The Bertz CT molecular complexity index is 550. The maximum absolute atomic E-state index is 12.7. The van der Waals surface area contributed by atoms with E-state index in [4.69, 9.17) is 0 Å². The number of aromatic amines is 1. The number of piperidine rings is 1. The minimum Gasteiger partial charge on any atom is -0.342 e. The van der Waals surface area contributed by atoms with Crippen LogP contribution < -0.4 is 5.56 Å². The lowest BCUT2D eigenvalue weighted by atomic mass is 9.89. The Morgan fingerprint density at radius 1 is 1.05 bits per heavy atom. The van der Waals surface area contributed by atoms with E-state index in [0.717, 1.165) is 44.3 Å². The number of hydrogen-bond acceptors (Lipinski definition) is 2. The fraction of sp³-hybridized carbons (Fsp3) is 0.667. The molecule has 2 heterocycles. The fourth-order valence-corrected chi connectivity index (χ4v) is 3.93. The van der Waals surface area contributed by atoms with Crippen LogP contribution in [0.25, 0.3) is 0 Å². The van der Waals surface area contributed by atoms with Gasteiger partial charge in [-0.05, 0) is 43.2 Å². The summed E-state index contributed by atoms with van der Waals surface area (Å²) in [4.78, 5) is 28.8. The van der Waals surface area contributed by atoms with Gasteiger partial charge in [-0.25, -0.2) is 0 Å². The van der Waals surface area contributed by atoms with E-state index in [1.165, 1.54) is 25.7 Å². The summed E-state index contributed by atoms with van der Waals surface area (Å²) in [6, 6.07) is 3.70. The molecule has 22 heavy (non-hydrogen) atoms. The minimum atomic E-state index is -0.0329. The van der Waals surface area contributed by atoms with Crippen molar-refractivity contribution in [3.63, 3.8) is 0 Å². The summed E-state index contributed by atoms with van der Waals surface area (Å²) in [5.74, 6) is 1.06. The quantitative estimate of drug-likeness (QED) is 0.854. The van der Waals surface area contributed by atoms with E-state index in [2.05, 4.69) is 9.88 Å². The number of likely N-dealkylation sites (tertiary alicyclic amines) is 1. The maximum Gasteiger partial charge on any atom is 0.248 e. The van der Waals surface area contributed by atoms with Gasteiger partial charge < -0.3 is 9.88 Å². The summed E-state index contributed by atoms with van der Waals surface area (Å²) in [5, 5.41) is 0. The Hall–Kier alpha value is -1.58. The number of nitrogens with one attached hydrogen (secondary N) is 1. The summed E-state index contributed by atoms with van der Waals surface area (Å²) in [7, 11) is 0. The van der Waals surface area contributed by atoms with Crippen LogP contribution in [-0.4, -0.2) is 28.9 Å². The first kappa shape index (κ1) is 15.3. The molecule has 1 aromatic heterocycles. The highest BCUT2D eigenvalue weighted by atomic mass is 16.2. The number of nitrogens with zero attached hydrogens (tertiary/aromatic N) is 1. The molecule has 1 amide bonds. The van der Waals surface area contributed by atoms with Gasteiger partial charge in [-0.1, -0.05) is 25.7 Å². The van der Waals surface area contributed by atoms with Crippen LogP contribution in [0.4, 0.5) is 0 Å². The molecule has 1 aliphatic heterocycles. The van der Waals surface area contributed by atoms with Crippen LogP contribution in [0, 0.1) is 5.92 Å². The molecule has 4 nitrogen and oxygen atoms in total. The second-order valence-electron chi connectivity index (χ2n) is 6.77. The molecule has 0 radical (unpaired) electrons. The Labute approximate surface area is 131 Å². The zero-order chi connectivity index (χ0) is 15.4. The standard InChI is InChI=1S/C18H26N2O2/c21-17-13-16(7-10-19-17)14-8-11-20(12-9-14)18(22)15-5-3-1-2-4-6-15/h7,10,13-15H,1-6,8-9,11-12H2,(H,19,21). The molecular formula is C18H26N2O2. The molecule has 1 saturated heterocycles. The summed E-state index contributed by atoms with van der Waals surface area (Å²) >= 11 is 0. The number of carbonyl (C=O) groups is 1. The number of aromatic nitrogens is 1. The average Bonchev–Trinajstić information content (AvgIpc) is 2.84. The summed E-state index contributed by atoms with van der Waals surface area (Å²) < 4.78 is 0. The first-order valence-electron chi connectivity index (χ1n) is 8.71. The van der Waals surface area contributed by atoms with Crippen LogP contribution in [0.15, 0.2) is 23.1 Å². The topological polar surface area (TPSA) is 53.2 Å². The molecule has 1 saturated carbocycles. The van der Waals surface area contributed by atoms with E-state index in [-0.39, 0.29) is 11.5 Å². The Kier molecular flexibility index (Phi) is 4.96. The molecule has 0 unspecified atom stereocenters. The van der Waals surface area contributed by atoms with Gasteiger partial charge in [-0.3, -0.25) is 9.59 Å². The van der Waals surface area contributed by atoms with Crippen molar-refractivity contribution in [3.05, 3.63) is 34.2 Å². The number of pyridine rings is 1. The van der Waals surface area contributed by atoms with Gasteiger partial charge in [-0.2, -0.15) is 0 Å². The molecule has 4 heteroatoms. The van der Waals surface area contributed by atoms with Gasteiger partial charge in [0.1, 0.15) is 0 Å². The van der Waals surface area contributed by atoms with Gasteiger partial charge in [0.25, 0.3) is 0 Å². The van der Waals surface area contributed by atoms with Gasteiger partial charge in [0.05, 0.1) is 0 Å². The Balaban J connectivity index is 1.57. The predicted molar refractivity (Wildman–Crippen MR) is 86.8 cm³/mol. The minimum absolute atomic E-state index is 0.0329. The van der Waals surface area contributed by atoms with Crippen LogP contribution in [0.5, 0.6) is 0 Å². The normalized spacial score (nSPS) is 21.5. The lowest BCUT2D eigenvalue weighted by Gasteiger charge is -2.34. The van der Waals surface area contributed by atoms with Crippen molar-refractivity contribution in [2.75, 3.05) is 13.1 Å². The third-order valence-electron chi connectivity index (χ3n) is 5.28. The zero-order valence-electron chi connectivity index (χ0n) is 13.2. The lowest BCUT2D eigenvalue weighted by molar-refractivity contribution is -0.137. The monoisotopic (exact) mass is 302 g/mol. The van der Waals surface area contributed by atoms with Gasteiger partial charge in [0.2, 0.25) is 11.5 Å². The number of hydrogen-bond donors (Lipinski definition) is 1. The van der Waals surface area contributed by atoms with Crippen LogP contribution in [0.1, 0.15) is 62.8 Å².